The molecule has 0 atom stereocenters. The predicted octanol–water partition coefficient (Wildman–Crippen LogP) is 3.01. The summed E-state index contributed by atoms with van der Waals surface area (Å²) in [4.78, 5) is 17.6. The number of nitrogens with one attached hydrogen (secondary N) is 1. The highest BCUT2D eigenvalue weighted by atomic mass is 35.5. The lowest BCUT2D eigenvalue weighted by Crippen LogP contribution is -2.01. The normalized spacial score (nSPS) is 10.2. The zero-order chi connectivity index (χ0) is 14.7. The number of anilines is 1. The Balaban J connectivity index is 2.42. The second-order valence-corrected chi connectivity index (χ2v) is 4.00. The SMILES string of the molecule is CNc1ncc(F)c(Oc2ccc(Cl)cc2[N+](=O)[O-])n1. The van der Waals surface area contributed by atoms with E-state index in [4.69, 9.17) is 16.3 Å². The van der Waals surface area contributed by atoms with Crippen molar-refractivity contribution in [2.45, 2.75) is 0 Å². The fourth-order valence-electron chi connectivity index (χ4n) is 1.37. The van der Waals surface area contributed by atoms with Gasteiger partial charge in [0.15, 0.2) is 0 Å². The van der Waals surface area contributed by atoms with Gasteiger partial charge in [-0.05, 0) is 12.1 Å². The molecule has 1 aromatic heterocycles. The number of ether oxygens (including phenoxy) is 1. The molecule has 0 radical (unpaired) electrons. The minimum Gasteiger partial charge on any atom is -0.429 e. The van der Waals surface area contributed by atoms with Crippen molar-refractivity contribution < 1.29 is 14.1 Å². The van der Waals surface area contributed by atoms with Crippen molar-refractivity contribution in [2.24, 2.45) is 0 Å². The second kappa shape index (κ2) is 5.66. The molecule has 1 N–H and O–H groups in total. The summed E-state index contributed by atoms with van der Waals surface area (Å²) in [5.74, 6) is -1.31. The highest BCUT2D eigenvalue weighted by molar-refractivity contribution is 6.30. The zero-order valence-electron chi connectivity index (χ0n) is 10.1. The lowest BCUT2D eigenvalue weighted by molar-refractivity contribution is -0.385. The van der Waals surface area contributed by atoms with Crippen LogP contribution in [0.15, 0.2) is 24.4 Å². The van der Waals surface area contributed by atoms with Gasteiger partial charge in [-0.1, -0.05) is 11.6 Å². The van der Waals surface area contributed by atoms with Gasteiger partial charge in [-0.15, -0.1) is 0 Å². The maximum Gasteiger partial charge on any atom is 0.313 e. The van der Waals surface area contributed by atoms with Crippen LogP contribution in [-0.4, -0.2) is 21.9 Å². The van der Waals surface area contributed by atoms with Crippen LogP contribution in [0.4, 0.5) is 16.0 Å². The van der Waals surface area contributed by atoms with Gasteiger partial charge in [0.2, 0.25) is 17.5 Å². The van der Waals surface area contributed by atoms with E-state index in [0.29, 0.717) is 0 Å². The second-order valence-electron chi connectivity index (χ2n) is 3.57. The largest absolute Gasteiger partial charge is 0.429 e. The van der Waals surface area contributed by atoms with E-state index in [1.54, 1.807) is 7.05 Å². The van der Waals surface area contributed by atoms with E-state index in [1.165, 1.54) is 12.1 Å². The molecule has 0 bridgehead atoms. The van der Waals surface area contributed by atoms with E-state index < -0.39 is 16.6 Å². The summed E-state index contributed by atoms with van der Waals surface area (Å²) >= 11 is 5.67. The maximum atomic E-state index is 13.5. The smallest absolute Gasteiger partial charge is 0.313 e. The Morgan fingerprint density at radius 3 is 2.90 bits per heavy atom. The third-order valence-electron chi connectivity index (χ3n) is 2.26. The van der Waals surface area contributed by atoms with Crippen molar-refractivity contribution in [3.05, 3.63) is 45.4 Å². The molecule has 20 heavy (non-hydrogen) atoms. The van der Waals surface area contributed by atoms with Crippen molar-refractivity contribution in [3.8, 4) is 11.6 Å². The fourth-order valence-corrected chi connectivity index (χ4v) is 1.53. The molecular weight excluding hydrogens is 291 g/mol. The summed E-state index contributed by atoms with van der Waals surface area (Å²) in [5, 5.41) is 13.7. The van der Waals surface area contributed by atoms with Crippen molar-refractivity contribution in [1.29, 1.82) is 0 Å². The highest BCUT2D eigenvalue weighted by Gasteiger charge is 2.19. The summed E-state index contributed by atoms with van der Waals surface area (Å²) in [6.07, 6.45) is 0.899. The first-order valence-electron chi connectivity index (χ1n) is 5.33. The number of nitro groups is 1. The Hall–Kier alpha value is -2.48. The summed E-state index contributed by atoms with van der Waals surface area (Å²) in [6, 6.07) is 3.76. The topological polar surface area (TPSA) is 90.2 Å². The summed E-state index contributed by atoms with van der Waals surface area (Å²) in [6.45, 7) is 0. The minimum absolute atomic E-state index is 0.123. The Bertz CT molecular complexity index is 668. The standard InChI is InChI=1S/C11H8ClFN4O3/c1-14-11-15-5-7(13)10(16-11)20-9-3-2-6(12)4-8(9)17(18)19/h2-5H,1H3,(H,14,15,16). The average molecular weight is 299 g/mol. The van der Waals surface area contributed by atoms with Crippen LogP contribution in [0.3, 0.4) is 0 Å². The van der Waals surface area contributed by atoms with Crippen LogP contribution < -0.4 is 10.1 Å². The molecule has 2 rings (SSSR count). The van der Waals surface area contributed by atoms with Crippen molar-refractivity contribution in [2.75, 3.05) is 12.4 Å². The molecule has 2 aromatic rings. The first-order chi connectivity index (χ1) is 9.51. The van der Waals surface area contributed by atoms with Gasteiger partial charge >= 0.3 is 5.69 Å². The molecule has 0 aliphatic rings. The summed E-state index contributed by atoms with van der Waals surface area (Å²) in [5.41, 5.74) is -0.387. The Morgan fingerprint density at radius 1 is 1.50 bits per heavy atom. The van der Waals surface area contributed by atoms with Crippen LogP contribution in [0.25, 0.3) is 0 Å². The quantitative estimate of drug-likeness (QED) is 0.689. The Morgan fingerprint density at radius 2 is 2.25 bits per heavy atom. The van der Waals surface area contributed by atoms with Gasteiger partial charge in [0, 0.05) is 18.1 Å². The molecule has 0 saturated heterocycles. The van der Waals surface area contributed by atoms with Gasteiger partial charge < -0.3 is 10.1 Å². The number of hydrogen-bond donors (Lipinski definition) is 1. The molecule has 0 saturated carbocycles. The molecule has 9 heteroatoms. The third-order valence-corrected chi connectivity index (χ3v) is 2.49. The number of rotatable bonds is 4. The zero-order valence-corrected chi connectivity index (χ0v) is 10.9. The van der Waals surface area contributed by atoms with Crippen LogP contribution in [0.2, 0.25) is 5.02 Å². The molecule has 7 nitrogen and oxygen atoms in total. The lowest BCUT2D eigenvalue weighted by atomic mass is 10.3. The maximum absolute atomic E-state index is 13.5. The highest BCUT2D eigenvalue weighted by Crippen LogP contribution is 2.33. The van der Waals surface area contributed by atoms with Crippen molar-refractivity contribution in [1.82, 2.24) is 9.97 Å². The van der Waals surface area contributed by atoms with Crippen LogP contribution >= 0.6 is 11.6 Å². The van der Waals surface area contributed by atoms with E-state index in [-0.39, 0.29) is 22.4 Å². The number of aromatic nitrogens is 2. The molecule has 0 amide bonds. The van der Waals surface area contributed by atoms with Crippen LogP contribution in [0.5, 0.6) is 11.6 Å². The Labute approximate surface area is 117 Å². The fraction of sp³-hybridized carbons (Fsp3) is 0.0909. The van der Waals surface area contributed by atoms with Gasteiger partial charge in [-0.25, -0.2) is 4.98 Å². The first-order valence-corrected chi connectivity index (χ1v) is 5.71. The minimum atomic E-state index is -0.840. The predicted molar refractivity (Wildman–Crippen MR) is 69.7 cm³/mol. The molecule has 0 unspecified atom stereocenters. The van der Waals surface area contributed by atoms with E-state index in [9.17, 15) is 14.5 Å². The number of hydrogen-bond acceptors (Lipinski definition) is 6. The number of halogens is 2. The molecule has 0 aliphatic heterocycles. The van der Waals surface area contributed by atoms with Crippen LogP contribution in [0.1, 0.15) is 0 Å². The number of benzene rings is 1. The first kappa shape index (κ1) is 13.9. The Kier molecular flexibility index (Phi) is 3.94. The molecule has 1 aromatic carbocycles. The molecule has 0 fully saturated rings. The van der Waals surface area contributed by atoms with Crippen LogP contribution in [-0.2, 0) is 0 Å². The lowest BCUT2D eigenvalue weighted by Gasteiger charge is -2.07. The van der Waals surface area contributed by atoms with E-state index in [1.807, 2.05) is 0 Å². The third kappa shape index (κ3) is 2.91. The number of nitrogens with zero attached hydrogens (tertiary/aromatic N) is 3. The summed E-state index contributed by atoms with van der Waals surface area (Å²) < 4.78 is 18.7. The molecule has 0 spiro atoms. The molecule has 1 heterocycles. The van der Waals surface area contributed by atoms with E-state index >= 15 is 0 Å². The van der Waals surface area contributed by atoms with Crippen LogP contribution in [0, 0.1) is 15.9 Å². The van der Waals surface area contributed by atoms with Gasteiger partial charge in [0.1, 0.15) is 0 Å². The average Bonchev–Trinajstić information content (AvgIpc) is 2.42. The van der Waals surface area contributed by atoms with Gasteiger partial charge in [0.05, 0.1) is 11.1 Å². The van der Waals surface area contributed by atoms with Gasteiger partial charge in [-0.2, -0.15) is 9.37 Å². The monoisotopic (exact) mass is 298 g/mol. The number of nitro benzene ring substituents is 1. The van der Waals surface area contributed by atoms with E-state index in [0.717, 1.165) is 12.3 Å². The van der Waals surface area contributed by atoms with Gasteiger partial charge in [0.25, 0.3) is 5.88 Å². The molecule has 0 aliphatic carbocycles. The van der Waals surface area contributed by atoms with Gasteiger partial charge in [-0.3, -0.25) is 10.1 Å². The van der Waals surface area contributed by atoms with Crippen molar-refractivity contribution >= 4 is 23.2 Å². The summed E-state index contributed by atoms with van der Waals surface area (Å²) in [7, 11) is 1.54. The van der Waals surface area contributed by atoms with Crippen molar-refractivity contribution in [3.63, 3.8) is 0 Å². The van der Waals surface area contributed by atoms with E-state index in [2.05, 4.69) is 15.3 Å². The molecular formula is C11H8ClFN4O3. The molecule has 104 valence electrons.